The lowest BCUT2D eigenvalue weighted by molar-refractivity contribution is -0.146. The standard InChI is InChI=1S/C10H11N5O2/c11-1-2-13-9(16)10(17)15-6-5-14-4-3-12-8(14)7-15/h3-4H,2,5-7H2,(H,13,16). The van der Waals surface area contributed by atoms with Crippen LogP contribution in [0.4, 0.5) is 0 Å². The Bertz CT molecular complexity index is 487. The number of amides is 2. The Hall–Kier alpha value is -2.36. The van der Waals surface area contributed by atoms with Crippen LogP contribution in [0.5, 0.6) is 0 Å². The molecule has 0 fully saturated rings. The molecule has 1 aliphatic heterocycles. The number of fused-ring (bicyclic) bond motifs is 1. The molecule has 0 aromatic carbocycles. The molecule has 2 heterocycles. The summed E-state index contributed by atoms with van der Waals surface area (Å²) < 4.78 is 1.94. The average molecular weight is 233 g/mol. The van der Waals surface area contributed by atoms with Crippen molar-refractivity contribution in [3.63, 3.8) is 0 Å². The second-order valence-corrected chi connectivity index (χ2v) is 3.60. The fourth-order valence-electron chi connectivity index (χ4n) is 1.69. The van der Waals surface area contributed by atoms with Gasteiger partial charge in [-0.05, 0) is 0 Å². The van der Waals surface area contributed by atoms with Crippen LogP contribution in [0, 0.1) is 11.3 Å². The Kier molecular flexibility index (Phi) is 3.05. The lowest BCUT2D eigenvalue weighted by Gasteiger charge is -2.26. The average Bonchev–Trinajstić information content (AvgIpc) is 2.81. The molecule has 1 aliphatic rings. The summed E-state index contributed by atoms with van der Waals surface area (Å²) in [5.74, 6) is -0.598. The van der Waals surface area contributed by atoms with Crippen LogP contribution in [0.3, 0.4) is 0 Å². The summed E-state index contributed by atoms with van der Waals surface area (Å²) in [5.41, 5.74) is 0. The number of carbonyl (C=O) groups excluding carboxylic acids is 2. The molecule has 0 radical (unpaired) electrons. The molecule has 88 valence electrons. The van der Waals surface area contributed by atoms with E-state index in [0.717, 1.165) is 5.82 Å². The van der Waals surface area contributed by atoms with E-state index in [9.17, 15) is 9.59 Å². The molecule has 2 amide bonds. The first-order chi connectivity index (χ1) is 8.22. The van der Waals surface area contributed by atoms with Crippen LogP contribution in [-0.4, -0.2) is 39.4 Å². The number of nitrogens with zero attached hydrogens (tertiary/aromatic N) is 4. The molecule has 0 saturated carbocycles. The van der Waals surface area contributed by atoms with E-state index in [1.165, 1.54) is 4.90 Å². The van der Waals surface area contributed by atoms with Gasteiger partial charge in [0.15, 0.2) is 0 Å². The molecule has 1 N–H and O–H groups in total. The summed E-state index contributed by atoms with van der Waals surface area (Å²) in [6.07, 6.45) is 3.51. The maximum absolute atomic E-state index is 11.7. The van der Waals surface area contributed by atoms with Crippen molar-refractivity contribution in [2.45, 2.75) is 13.1 Å². The van der Waals surface area contributed by atoms with E-state index in [1.54, 1.807) is 12.3 Å². The van der Waals surface area contributed by atoms with Gasteiger partial charge in [-0.3, -0.25) is 9.59 Å². The lowest BCUT2D eigenvalue weighted by Crippen LogP contribution is -2.46. The molecule has 0 unspecified atom stereocenters. The van der Waals surface area contributed by atoms with E-state index in [0.29, 0.717) is 19.6 Å². The van der Waals surface area contributed by atoms with Crippen molar-refractivity contribution in [2.75, 3.05) is 13.1 Å². The van der Waals surface area contributed by atoms with Crippen LogP contribution in [0.25, 0.3) is 0 Å². The third-order valence-corrected chi connectivity index (χ3v) is 2.55. The molecule has 1 aromatic heterocycles. The van der Waals surface area contributed by atoms with Crippen molar-refractivity contribution >= 4 is 11.8 Å². The van der Waals surface area contributed by atoms with Crippen LogP contribution in [0.15, 0.2) is 12.4 Å². The topological polar surface area (TPSA) is 91.0 Å². The van der Waals surface area contributed by atoms with Gasteiger partial charge < -0.3 is 14.8 Å². The van der Waals surface area contributed by atoms with E-state index in [2.05, 4.69) is 10.3 Å². The predicted molar refractivity (Wildman–Crippen MR) is 56.3 cm³/mol. The number of hydrogen-bond acceptors (Lipinski definition) is 4. The summed E-state index contributed by atoms with van der Waals surface area (Å²) in [6.45, 7) is 1.27. The first kappa shape index (κ1) is 11.1. The lowest BCUT2D eigenvalue weighted by atomic mass is 10.3. The zero-order valence-electron chi connectivity index (χ0n) is 9.09. The van der Waals surface area contributed by atoms with Crippen molar-refractivity contribution in [1.29, 1.82) is 5.26 Å². The molecule has 0 bridgehead atoms. The molecule has 0 atom stereocenters. The Labute approximate surface area is 97.6 Å². The Morgan fingerprint density at radius 2 is 2.35 bits per heavy atom. The Morgan fingerprint density at radius 1 is 1.53 bits per heavy atom. The van der Waals surface area contributed by atoms with E-state index >= 15 is 0 Å². The summed E-state index contributed by atoms with van der Waals surface area (Å²) in [7, 11) is 0. The van der Waals surface area contributed by atoms with Crippen molar-refractivity contribution in [3.05, 3.63) is 18.2 Å². The third-order valence-electron chi connectivity index (χ3n) is 2.55. The Balaban J connectivity index is 1.99. The normalized spacial score (nSPS) is 13.7. The van der Waals surface area contributed by atoms with Gasteiger partial charge in [0.05, 0.1) is 12.6 Å². The monoisotopic (exact) mass is 233 g/mol. The fraction of sp³-hybridized carbons (Fsp3) is 0.400. The molecular weight excluding hydrogens is 222 g/mol. The highest BCUT2D eigenvalue weighted by molar-refractivity contribution is 6.35. The SMILES string of the molecule is N#CCNC(=O)C(=O)N1CCn2ccnc2C1. The molecule has 7 heteroatoms. The smallest absolute Gasteiger partial charge is 0.312 e. The van der Waals surface area contributed by atoms with Crippen molar-refractivity contribution < 1.29 is 9.59 Å². The summed E-state index contributed by atoms with van der Waals surface area (Å²) in [4.78, 5) is 28.6. The zero-order valence-corrected chi connectivity index (χ0v) is 9.09. The van der Waals surface area contributed by atoms with Gasteiger partial charge in [0.2, 0.25) is 0 Å². The number of nitrogens with one attached hydrogen (secondary N) is 1. The molecule has 17 heavy (non-hydrogen) atoms. The minimum atomic E-state index is -0.744. The minimum Gasteiger partial charge on any atom is -0.335 e. The number of aromatic nitrogens is 2. The van der Waals surface area contributed by atoms with Gasteiger partial charge in [-0.1, -0.05) is 0 Å². The maximum atomic E-state index is 11.7. The van der Waals surface area contributed by atoms with Gasteiger partial charge in [0.1, 0.15) is 12.4 Å². The van der Waals surface area contributed by atoms with E-state index < -0.39 is 11.8 Å². The Morgan fingerprint density at radius 3 is 3.12 bits per heavy atom. The molecule has 2 rings (SSSR count). The highest BCUT2D eigenvalue weighted by Crippen LogP contribution is 2.09. The number of hydrogen-bond donors (Lipinski definition) is 1. The van der Waals surface area contributed by atoms with Gasteiger partial charge >= 0.3 is 11.8 Å². The van der Waals surface area contributed by atoms with Crippen LogP contribution in [0.1, 0.15) is 5.82 Å². The number of imidazole rings is 1. The van der Waals surface area contributed by atoms with Crippen molar-refractivity contribution in [2.24, 2.45) is 0 Å². The third kappa shape index (κ3) is 2.25. The number of rotatable bonds is 1. The summed E-state index contributed by atoms with van der Waals surface area (Å²) in [6, 6.07) is 1.75. The molecule has 0 saturated heterocycles. The van der Waals surface area contributed by atoms with Gasteiger partial charge in [-0.2, -0.15) is 5.26 Å². The van der Waals surface area contributed by atoms with E-state index in [4.69, 9.17) is 5.26 Å². The van der Waals surface area contributed by atoms with Gasteiger partial charge in [0, 0.05) is 25.5 Å². The van der Waals surface area contributed by atoms with Crippen LogP contribution >= 0.6 is 0 Å². The number of nitriles is 1. The largest absolute Gasteiger partial charge is 0.335 e. The number of carbonyl (C=O) groups is 2. The minimum absolute atomic E-state index is 0.160. The first-order valence-corrected chi connectivity index (χ1v) is 5.16. The highest BCUT2D eigenvalue weighted by atomic mass is 16.2. The molecule has 1 aromatic rings. The van der Waals surface area contributed by atoms with Crippen LogP contribution < -0.4 is 5.32 Å². The summed E-state index contributed by atoms with van der Waals surface area (Å²) in [5, 5.41) is 10.5. The molecular formula is C10H11N5O2. The predicted octanol–water partition coefficient (Wildman–Crippen LogP) is -1.13. The zero-order chi connectivity index (χ0) is 12.3. The fourth-order valence-corrected chi connectivity index (χ4v) is 1.69. The van der Waals surface area contributed by atoms with E-state index in [1.807, 2.05) is 10.8 Å². The van der Waals surface area contributed by atoms with Crippen LogP contribution in [0.2, 0.25) is 0 Å². The van der Waals surface area contributed by atoms with Crippen LogP contribution in [-0.2, 0) is 22.7 Å². The van der Waals surface area contributed by atoms with Crippen molar-refractivity contribution in [1.82, 2.24) is 19.8 Å². The summed E-state index contributed by atoms with van der Waals surface area (Å²) >= 11 is 0. The molecule has 7 nitrogen and oxygen atoms in total. The maximum Gasteiger partial charge on any atom is 0.312 e. The second kappa shape index (κ2) is 4.65. The van der Waals surface area contributed by atoms with E-state index in [-0.39, 0.29) is 6.54 Å². The first-order valence-electron chi connectivity index (χ1n) is 5.16. The van der Waals surface area contributed by atoms with Gasteiger partial charge in [-0.25, -0.2) is 4.98 Å². The quantitative estimate of drug-likeness (QED) is 0.490. The van der Waals surface area contributed by atoms with Gasteiger partial charge in [0.25, 0.3) is 0 Å². The highest BCUT2D eigenvalue weighted by Gasteiger charge is 2.25. The molecule has 0 aliphatic carbocycles. The molecule has 0 spiro atoms. The van der Waals surface area contributed by atoms with Gasteiger partial charge in [-0.15, -0.1) is 0 Å². The van der Waals surface area contributed by atoms with Crippen molar-refractivity contribution in [3.8, 4) is 6.07 Å². The second-order valence-electron chi connectivity index (χ2n) is 3.60.